The number of aliphatic hydroxyl groups is 1. The molecule has 39 heavy (non-hydrogen) atoms. The van der Waals surface area contributed by atoms with Crippen molar-refractivity contribution in [1.82, 2.24) is 4.90 Å². The number of halogens is 1. The molecule has 4 rings (SSSR count). The second-order valence-electron chi connectivity index (χ2n) is 8.58. The predicted octanol–water partition coefficient (Wildman–Crippen LogP) is 4.77. The fourth-order valence-corrected chi connectivity index (χ4v) is 4.68. The molecule has 0 radical (unpaired) electrons. The van der Waals surface area contributed by atoms with E-state index in [0.717, 1.165) is 0 Å². The molecule has 1 unspecified atom stereocenters. The van der Waals surface area contributed by atoms with Gasteiger partial charge >= 0.3 is 5.97 Å². The lowest BCUT2D eigenvalue weighted by Gasteiger charge is -2.26. The highest BCUT2D eigenvalue weighted by atomic mass is 35.5. The monoisotopic (exact) mass is 551 g/mol. The zero-order chi connectivity index (χ0) is 28.3. The summed E-state index contributed by atoms with van der Waals surface area (Å²) in [5.74, 6) is -1.68. The number of ketones is 1. The summed E-state index contributed by atoms with van der Waals surface area (Å²) in [5.41, 5.74) is 1.54. The van der Waals surface area contributed by atoms with E-state index in [-0.39, 0.29) is 34.2 Å². The topological polar surface area (TPSA) is 112 Å². The van der Waals surface area contributed by atoms with Crippen LogP contribution in [0.5, 0.6) is 17.2 Å². The first kappa shape index (κ1) is 27.5. The van der Waals surface area contributed by atoms with Gasteiger partial charge in [0.2, 0.25) is 0 Å². The normalized spacial score (nSPS) is 16.2. The molecule has 0 saturated carbocycles. The maximum atomic E-state index is 13.5. The van der Waals surface area contributed by atoms with E-state index >= 15 is 0 Å². The first-order valence-corrected chi connectivity index (χ1v) is 12.1. The van der Waals surface area contributed by atoms with Crippen molar-refractivity contribution in [2.75, 3.05) is 28.4 Å². The van der Waals surface area contributed by atoms with Gasteiger partial charge in [0.05, 0.1) is 56.2 Å². The van der Waals surface area contributed by atoms with Crippen molar-refractivity contribution >= 4 is 35.0 Å². The van der Waals surface area contributed by atoms with Crippen molar-refractivity contribution in [1.29, 1.82) is 0 Å². The SMILES string of the molecule is COC(=O)c1ccc(CN2C(=O)C(=O)/C(=C(/O)c3cc(OC)c(Cl)cc3OC)C2c2cccc(OC)c2)cc1. The number of rotatable bonds is 8. The van der Waals surface area contributed by atoms with Crippen LogP contribution < -0.4 is 14.2 Å². The highest BCUT2D eigenvalue weighted by Crippen LogP contribution is 2.44. The minimum Gasteiger partial charge on any atom is -0.507 e. The van der Waals surface area contributed by atoms with Gasteiger partial charge in [-0.3, -0.25) is 9.59 Å². The summed E-state index contributed by atoms with van der Waals surface area (Å²) in [7, 11) is 5.60. The summed E-state index contributed by atoms with van der Waals surface area (Å²) in [6.07, 6.45) is 0. The first-order chi connectivity index (χ1) is 18.7. The second kappa shape index (κ2) is 11.5. The third kappa shape index (κ3) is 5.26. The van der Waals surface area contributed by atoms with Crippen LogP contribution in [0.3, 0.4) is 0 Å². The Morgan fingerprint density at radius 3 is 2.23 bits per heavy atom. The van der Waals surface area contributed by atoms with E-state index in [2.05, 4.69) is 0 Å². The lowest BCUT2D eigenvalue weighted by molar-refractivity contribution is -0.140. The van der Waals surface area contributed by atoms with Crippen LogP contribution in [-0.2, 0) is 20.9 Å². The number of benzene rings is 3. The molecule has 1 aliphatic rings. The molecule has 3 aromatic carbocycles. The number of methoxy groups -OCH3 is 4. The van der Waals surface area contributed by atoms with Crippen molar-refractivity contribution < 1.29 is 38.4 Å². The minimum atomic E-state index is -0.966. The predicted molar refractivity (Wildman–Crippen MR) is 143 cm³/mol. The van der Waals surface area contributed by atoms with Crippen LogP contribution >= 0.6 is 11.6 Å². The number of hydrogen-bond acceptors (Lipinski definition) is 8. The van der Waals surface area contributed by atoms with Crippen LogP contribution in [-0.4, -0.2) is 56.1 Å². The molecule has 10 heteroatoms. The lowest BCUT2D eigenvalue weighted by atomic mass is 9.94. The van der Waals surface area contributed by atoms with Gasteiger partial charge in [-0.15, -0.1) is 0 Å². The van der Waals surface area contributed by atoms with Crippen LogP contribution in [0.15, 0.2) is 66.2 Å². The quantitative estimate of drug-likeness (QED) is 0.184. The number of aliphatic hydroxyl groups excluding tert-OH is 1. The van der Waals surface area contributed by atoms with Gasteiger partial charge < -0.3 is 29.0 Å². The summed E-state index contributed by atoms with van der Waals surface area (Å²) in [5, 5.41) is 11.8. The number of likely N-dealkylation sites (tertiary alicyclic amines) is 1. The van der Waals surface area contributed by atoms with E-state index in [1.54, 1.807) is 48.5 Å². The summed E-state index contributed by atoms with van der Waals surface area (Å²) < 4.78 is 20.8. The number of ether oxygens (including phenoxy) is 4. The number of amides is 1. The zero-order valence-corrected chi connectivity index (χ0v) is 22.4. The number of esters is 1. The highest BCUT2D eigenvalue weighted by Gasteiger charge is 2.46. The molecular formula is C29H26ClNO8. The van der Waals surface area contributed by atoms with Gasteiger partial charge in [0.15, 0.2) is 0 Å². The average Bonchev–Trinajstić information content (AvgIpc) is 3.21. The first-order valence-electron chi connectivity index (χ1n) is 11.8. The maximum Gasteiger partial charge on any atom is 0.337 e. The standard InChI is InChI=1S/C29H26ClNO8/c1-36-19-7-5-6-18(12-19)25-24(26(32)20-13-23(38-3)21(30)14-22(20)37-2)27(33)28(34)31(25)15-16-8-10-17(11-9-16)29(35)39-4/h5-14,25,32H,15H2,1-4H3/b26-24+. The van der Waals surface area contributed by atoms with Crippen molar-refractivity contribution in [3.63, 3.8) is 0 Å². The molecular weight excluding hydrogens is 526 g/mol. The van der Waals surface area contributed by atoms with Gasteiger partial charge in [-0.25, -0.2) is 4.79 Å². The summed E-state index contributed by atoms with van der Waals surface area (Å²) in [6, 6.07) is 15.3. The Morgan fingerprint density at radius 2 is 1.62 bits per heavy atom. The number of carbonyl (C=O) groups excluding carboxylic acids is 3. The molecule has 1 atom stereocenters. The van der Waals surface area contributed by atoms with Crippen LogP contribution in [0.25, 0.3) is 5.76 Å². The number of hydrogen-bond donors (Lipinski definition) is 1. The molecule has 1 N–H and O–H groups in total. The molecule has 0 aromatic heterocycles. The number of carbonyl (C=O) groups is 3. The Morgan fingerprint density at radius 1 is 0.923 bits per heavy atom. The molecule has 0 bridgehead atoms. The van der Waals surface area contributed by atoms with Gasteiger partial charge in [-0.05, 0) is 41.5 Å². The lowest BCUT2D eigenvalue weighted by Crippen LogP contribution is -2.29. The summed E-state index contributed by atoms with van der Waals surface area (Å²) >= 11 is 6.23. The van der Waals surface area contributed by atoms with Crippen molar-refractivity contribution in [2.24, 2.45) is 0 Å². The molecule has 1 fully saturated rings. The fraction of sp³-hybridized carbons (Fsp3) is 0.207. The third-order valence-corrected chi connectivity index (χ3v) is 6.70. The smallest absolute Gasteiger partial charge is 0.337 e. The largest absolute Gasteiger partial charge is 0.507 e. The van der Waals surface area contributed by atoms with E-state index in [1.807, 2.05) is 0 Å². The number of Topliss-reactive ketones (excluding diaryl/α,β-unsaturated/α-hetero) is 1. The molecule has 9 nitrogen and oxygen atoms in total. The van der Waals surface area contributed by atoms with Gasteiger partial charge in [-0.1, -0.05) is 35.9 Å². The van der Waals surface area contributed by atoms with Crippen LogP contribution in [0.2, 0.25) is 5.02 Å². The van der Waals surface area contributed by atoms with Gasteiger partial charge in [-0.2, -0.15) is 0 Å². The minimum absolute atomic E-state index is 0.0196. The van der Waals surface area contributed by atoms with E-state index in [0.29, 0.717) is 22.4 Å². The van der Waals surface area contributed by atoms with Crippen molar-refractivity contribution in [3.8, 4) is 17.2 Å². The molecule has 1 saturated heterocycles. The summed E-state index contributed by atoms with van der Waals surface area (Å²) in [6.45, 7) is 0.0196. The van der Waals surface area contributed by atoms with E-state index in [9.17, 15) is 19.5 Å². The van der Waals surface area contributed by atoms with Crippen LogP contribution in [0.1, 0.15) is 33.1 Å². The van der Waals surface area contributed by atoms with E-state index in [1.165, 1.54) is 45.5 Å². The molecule has 0 aliphatic carbocycles. The molecule has 3 aromatic rings. The van der Waals surface area contributed by atoms with Gasteiger partial charge in [0, 0.05) is 12.6 Å². The Hall–Kier alpha value is -4.50. The zero-order valence-electron chi connectivity index (χ0n) is 21.7. The highest BCUT2D eigenvalue weighted by molar-refractivity contribution is 6.46. The molecule has 1 amide bonds. The maximum absolute atomic E-state index is 13.5. The molecule has 202 valence electrons. The average molecular weight is 552 g/mol. The Kier molecular flexibility index (Phi) is 8.11. The van der Waals surface area contributed by atoms with Crippen molar-refractivity contribution in [3.05, 3.63) is 93.5 Å². The van der Waals surface area contributed by atoms with E-state index in [4.69, 9.17) is 30.5 Å². The number of nitrogens with zero attached hydrogens (tertiary/aromatic N) is 1. The second-order valence-corrected chi connectivity index (χ2v) is 8.99. The fourth-order valence-electron chi connectivity index (χ4n) is 4.45. The Bertz CT molecular complexity index is 1460. The van der Waals surface area contributed by atoms with Crippen molar-refractivity contribution in [2.45, 2.75) is 12.6 Å². The Balaban J connectivity index is 1.88. The van der Waals surface area contributed by atoms with Gasteiger partial charge in [0.25, 0.3) is 11.7 Å². The molecule has 1 aliphatic heterocycles. The molecule has 1 heterocycles. The molecule has 0 spiro atoms. The van der Waals surface area contributed by atoms with Crippen LogP contribution in [0.4, 0.5) is 0 Å². The summed E-state index contributed by atoms with van der Waals surface area (Å²) in [4.78, 5) is 40.0. The Labute approximate surface area is 230 Å². The third-order valence-electron chi connectivity index (χ3n) is 6.41. The van der Waals surface area contributed by atoms with E-state index < -0.39 is 29.5 Å². The van der Waals surface area contributed by atoms with Gasteiger partial charge in [0.1, 0.15) is 23.0 Å². The van der Waals surface area contributed by atoms with Crippen LogP contribution in [0, 0.1) is 0 Å².